The first-order valence-electron chi connectivity index (χ1n) is 21.3. The van der Waals surface area contributed by atoms with Crippen LogP contribution in [0.1, 0.15) is 82.6 Å². The third-order valence-electron chi connectivity index (χ3n) is 9.80. The van der Waals surface area contributed by atoms with Gasteiger partial charge in [0, 0.05) is 54.7 Å². The zero-order valence-corrected chi connectivity index (χ0v) is 36.2. The molecular weight excluding hydrogens is 889 g/mol. The number of pyridine rings is 2. The van der Waals surface area contributed by atoms with E-state index in [1.807, 2.05) is 164 Å². The molecule has 5 aromatic carbocycles. The summed E-state index contributed by atoms with van der Waals surface area (Å²) in [5.74, 6) is -0.895. The Bertz CT molecular complexity index is 2980. The van der Waals surface area contributed by atoms with Crippen LogP contribution in [-0.4, -0.2) is 19.5 Å². The van der Waals surface area contributed by atoms with E-state index >= 15 is 0 Å². The van der Waals surface area contributed by atoms with Gasteiger partial charge in [-0.2, -0.15) is 0 Å². The molecule has 0 spiro atoms. The van der Waals surface area contributed by atoms with E-state index in [4.69, 9.17) is 14.9 Å². The van der Waals surface area contributed by atoms with Crippen LogP contribution in [0.25, 0.3) is 72.4 Å². The monoisotopic (exact) mass is 941 g/mol. The molecule has 0 N–H and O–H groups in total. The molecule has 0 aliphatic rings. The fourth-order valence-electron chi connectivity index (χ4n) is 7.21. The Balaban J connectivity index is 0.000000184. The van der Waals surface area contributed by atoms with Crippen LogP contribution in [0.15, 0.2) is 144 Å². The Morgan fingerprint density at radius 2 is 1.48 bits per heavy atom. The van der Waals surface area contributed by atoms with Gasteiger partial charge in [0.1, 0.15) is 5.58 Å². The number of imidazole rings is 1. The second kappa shape index (κ2) is 17.0. The summed E-state index contributed by atoms with van der Waals surface area (Å²) in [6.07, 6.45) is 1.96. The smallest absolute Gasteiger partial charge is 0.120 e. The number of hydrogen-bond acceptors (Lipinski definition) is 4. The molecule has 9 aromatic rings. The Morgan fingerprint density at radius 1 is 0.741 bits per heavy atom. The van der Waals surface area contributed by atoms with Crippen molar-refractivity contribution in [3.8, 4) is 39.5 Å². The summed E-state index contributed by atoms with van der Waals surface area (Å²) < 4.78 is 42.7. The number of benzene rings is 5. The van der Waals surface area contributed by atoms with Gasteiger partial charge in [-0.3, -0.25) is 9.97 Å². The van der Waals surface area contributed by atoms with Crippen molar-refractivity contribution in [2.24, 2.45) is 5.41 Å². The molecule has 0 amide bonds. The van der Waals surface area contributed by atoms with Crippen LogP contribution in [0.3, 0.4) is 0 Å². The van der Waals surface area contributed by atoms with Gasteiger partial charge in [-0.25, -0.2) is 0 Å². The number of hydrogen-bond donors (Lipinski definition) is 0. The topological polar surface area (TPSA) is 56.7 Å². The van der Waals surface area contributed by atoms with Crippen molar-refractivity contribution in [1.29, 1.82) is 0 Å². The summed E-state index contributed by atoms with van der Waals surface area (Å²) in [4.78, 5) is 13.9. The molecular formula is C52H48IrN4O-2. The second-order valence-electron chi connectivity index (χ2n) is 15.7. The summed E-state index contributed by atoms with van der Waals surface area (Å²) in [6.45, 7) is 13.2. The van der Waals surface area contributed by atoms with E-state index in [1.54, 1.807) is 18.5 Å². The first-order chi connectivity index (χ1) is 28.9. The molecule has 0 unspecified atom stereocenters. The Kier molecular flexibility index (Phi) is 10.4. The number of para-hydroxylation sites is 4. The van der Waals surface area contributed by atoms with Crippen molar-refractivity contribution in [1.82, 2.24) is 19.5 Å². The zero-order valence-electron chi connectivity index (χ0n) is 37.8. The Morgan fingerprint density at radius 3 is 2.19 bits per heavy atom. The van der Waals surface area contributed by atoms with Crippen LogP contribution >= 0.6 is 0 Å². The van der Waals surface area contributed by atoms with E-state index in [1.165, 1.54) is 0 Å². The summed E-state index contributed by atoms with van der Waals surface area (Å²) in [5, 5.41) is 2.11. The molecule has 5 nitrogen and oxygen atoms in total. The van der Waals surface area contributed by atoms with Gasteiger partial charge in [0.2, 0.25) is 0 Å². The third-order valence-corrected chi connectivity index (χ3v) is 9.80. The van der Waals surface area contributed by atoms with Crippen molar-refractivity contribution >= 4 is 33.0 Å². The van der Waals surface area contributed by atoms with Gasteiger partial charge in [-0.05, 0) is 81.9 Å². The number of furan rings is 1. The largest absolute Gasteiger partial charge is 0.501 e. The van der Waals surface area contributed by atoms with Crippen molar-refractivity contribution < 1.29 is 30.0 Å². The molecule has 6 heteroatoms. The van der Waals surface area contributed by atoms with Crippen LogP contribution < -0.4 is 0 Å². The molecule has 0 saturated heterocycles. The summed E-state index contributed by atoms with van der Waals surface area (Å²) in [5.41, 5.74) is 10.3. The van der Waals surface area contributed by atoms with E-state index in [2.05, 4.69) is 32.7 Å². The number of nitrogens with zero attached hydrogens (tertiary/aromatic N) is 4. The molecule has 0 fully saturated rings. The summed E-state index contributed by atoms with van der Waals surface area (Å²) in [7, 11) is 0. The standard InChI is InChI=1S/C27H23N2O.C25H25N2.Ir/c1-27(2,3)16-20-12-11-19(17-29-20)18-13-14-28-24(15-18)23-9-6-8-22-21-7-4-5-10-25(21)30-26(22)23;1-17(2)20-13-10-14-21(18(3)4)24(20)27-23-16-9-8-15-22(23)26-25(27)19-11-6-5-7-12-19;/h4-8,10-15,17H,16H2,1-3H3;5-11,13-18H,1-4H3;/q2*-1;/i16D2;17D,18D;. The molecule has 58 heavy (non-hydrogen) atoms. The SMILES string of the molecule is [2H]C(C)(C)c1cccc(C([2H])(C)C)c1-n1c(-c2[c-]cccc2)nc2ccccc21.[2H]C([2H])(c1ccc(-c2ccnc(-c3[c-]ccc4c3oc3ccccc34)c2)cn1)C(C)(C)C.[Ir]. The maximum atomic E-state index is 8.80. The number of fused-ring (bicyclic) bond motifs is 4. The van der Waals surface area contributed by atoms with Crippen LogP contribution in [0.2, 0.25) is 0 Å². The van der Waals surface area contributed by atoms with Crippen molar-refractivity contribution in [3.05, 3.63) is 169 Å². The fourth-order valence-corrected chi connectivity index (χ4v) is 7.21. The van der Waals surface area contributed by atoms with Crippen molar-refractivity contribution in [3.63, 3.8) is 0 Å². The predicted octanol–water partition coefficient (Wildman–Crippen LogP) is 13.8. The molecule has 0 saturated carbocycles. The Labute approximate surface area is 361 Å². The quantitative estimate of drug-likeness (QED) is 0.149. The summed E-state index contributed by atoms with van der Waals surface area (Å²) >= 11 is 0. The van der Waals surface area contributed by atoms with Gasteiger partial charge in [-0.15, -0.1) is 54.1 Å². The van der Waals surface area contributed by atoms with Gasteiger partial charge in [-0.1, -0.05) is 120 Å². The minimum Gasteiger partial charge on any atom is -0.501 e. The van der Waals surface area contributed by atoms with Crippen LogP contribution in [0.5, 0.6) is 0 Å². The van der Waals surface area contributed by atoms with E-state index in [9.17, 15) is 0 Å². The third kappa shape index (κ3) is 8.32. The Hall–Kier alpha value is -5.68. The molecule has 4 aromatic heterocycles. The van der Waals surface area contributed by atoms with Crippen LogP contribution in [0.4, 0.5) is 0 Å². The van der Waals surface area contributed by atoms with Gasteiger partial charge in [0.05, 0.1) is 22.4 Å². The zero-order chi connectivity index (χ0) is 43.3. The maximum absolute atomic E-state index is 8.80. The average Bonchev–Trinajstić information content (AvgIpc) is 3.82. The summed E-state index contributed by atoms with van der Waals surface area (Å²) in [6, 6.07) is 47.9. The molecule has 293 valence electrons. The van der Waals surface area contributed by atoms with Gasteiger partial charge < -0.3 is 14.0 Å². The first kappa shape index (κ1) is 35.5. The number of rotatable bonds is 7. The molecule has 0 aliphatic carbocycles. The maximum Gasteiger partial charge on any atom is 0.120 e. The van der Waals surface area contributed by atoms with Gasteiger partial charge in [0.15, 0.2) is 0 Å². The minimum atomic E-state index is -1.53. The first-order valence-corrected chi connectivity index (χ1v) is 19.3. The molecule has 0 bridgehead atoms. The van der Waals surface area contributed by atoms with E-state index < -0.39 is 23.6 Å². The predicted molar refractivity (Wildman–Crippen MR) is 236 cm³/mol. The van der Waals surface area contributed by atoms with E-state index in [0.29, 0.717) is 5.69 Å². The average molecular weight is 941 g/mol. The number of aromatic nitrogens is 4. The second-order valence-corrected chi connectivity index (χ2v) is 15.7. The fraction of sp³-hybridized carbons (Fsp3) is 0.212. The van der Waals surface area contributed by atoms with Gasteiger partial charge >= 0.3 is 0 Å². The molecule has 0 aliphatic heterocycles. The van der Waals surface area contributed by atoms with Crippen molar-refractivity contribution in [2.45, 2.75) is 66.6 Å². The molecule has 4 heterocycles. The minimum absolute atomic E-state index is 0. The molecule has 9 rings (SSSR count). The van der Waals surface area contributed by atoms with Crippen molar-refractivity contribution in [2.75, 3.05) is 0 Å². The van der Waals surface area contributed by atoms with Gasteiger partial charge in [0.25, 0.3) is 0 Å². The normalized spacial score (nSPS) is 13.2. The van der Waals surface area contributed by atoms with E-state index in [0.717, 1.165) is 83.6 Å². The molecule has 0 atom stereocenters. The molecule has 1 radical (unpaired) electrons. The van der Waals surface area contributed by atoms with E-state index in [-0.39, 0.29) is 20.1 Å². The van der Waals surface area contributed by atoms with Crippen LogP contribution in [-0.2, 0) is 26.5 Å². The van der Waals surface area contributed by atoms with Crippen LogP contribution in [0, 0.1) is 17.5 Å².